The Morgan fingerprint density at radius 1 is 1.26 bits per heavy atom. The minimum Gasteiger partial charge on any atom is -0.382 e. The number of hydrogen-bond acceptors (Lipinski definition) is 3. The highest BCUT2D eigenvalue weighted by Crippen LogP contribution is 2.33. The molecule has 3 nitrogen and oxygen atoms in total. The van der Waals surface area contributed by atoms with E-state index in [0.717, 1.165) is 25.5 Å². The predicted molar refractivity (Wildman–Crippen MR) is 81.7 cm³/mol. The van der Waals surface area contributed by atoms with E-state index in [1.54, 1.807) is 0 Å². The monoisotopic (exact) mass is 331 g/mol. The van der Waals surface area contributed by atoms with Gasteiger partial charge < -0.3 is 14.8 Å². The molecule has 0 aliphatic carbocycles. The number of benzene rings is 1. The van der Waals surface area contributed by atoms with Crippen LogP contribution in [-0.4, -0.2) is 32.9 Å². The Balaban J connectivity index is 2.12. The van der Waals surface area contributed by atoms with Crippen LogP contribution >= 0.6 is 0 Å². The first-order valence-corrected chi connectivity index (χ1v) is 8.18. The average molecular weight is 331 g/mol. The Morgan fingerprint density at radius 2 is 2.09 bits per heavy atom. The topological polar surface area (TPSA) is 30.5 Å². The zero-order chi connectivity index (χ0) is 16.7. The molecular weight excluding hydrogens is 307 g/mol. The number of halogens is 3. The van der Waals surface area contributed by atoms with Crippen LogP contribution in [0, 0.1) is 23.4 Å². The molecular formula is C17H24F3NO2. The summed E-state index contributed by atoms with van der Waals surface area (Å²) in [6.07, 6.45) is 1.77. The van der Waals surface area contributed by atoms with Crippen LogP contribution in [0.15, 0.2) is 12.1 Å². The van der Waals surface area contributed by atoms with Gasteiger partial charge in [0.15, 0.2) is 11.6 Å². The molecule has 23 heavy (non-hydrogen) atoms. The fourth-order valence-electron chi connectivity index (χ4n) is 2.92. The second-order valence-electron chi connectivity index (χ2n) is 5.74. The minimum absolute atomic E-state index is 0.00783. The van der Waals surface area contributed by atoms with E-state index in [4.69, 9.17) is 9.47 Å². The molecule has 0 radical (unpaired) electrons. The molecule has 1 aromatic rings. The number of rotatable bonds is 8. The van der Waals surface area contributed by atoms with E-state index in [-0.39, 0.29) is 11.5 Å². The summed E-state index contributed by atoms with van der Waals surface area (Å²) in [6.45, 7) is 4.98. The SMILES string of the molecule is CCOCCCO[C@@H](c1cc(F)cc(F)c1F)C1CCCNC1. The molecule has 0 saturated carbocycles. The summed E-state index contributed by atoms with van der Waals surface area (Å²) in [7, 11) is 0. The van der Waals surface area contributed by atoms with Crippen molar-refractivity contribution in [1.29, 1.82) is 0 Å². The summed E-state index contributed by atoms with van der Waals surface area (Å²) in [5.41, 5.74) is -0.0346. The molecule has 0 spiro atoms. The van der Waals surface area contributed by atoms with Gasteiger partial charge in [-0.2, -0.15) is 0 Å². The second kappa shape index (κ2) is 9.25. The van der Waals surface area contributed by atoms with E-state index in [1.165, 1.54) is 0 Å². The van der Waals surface area contributed by atoms with Crippen LogP contribution in [0.5, 0.6) is 0 Å². The van der Waals surface area contributed by atoms with Gasteiger partial charge in [0.1, 0.15) is 5.82 Å². The molecule has 1 heterocycles. The van der Waals surface area contributed by atoms with Crippen LogP contribution in [0.4, 0.5) is 13.2 Å². The lowest BCUT2D eigenvalue weighted by Gasteiger charge is -2.31. The highest BCUT2D eigenvalue weighted by atomic mass is 19.2. The maximum absolute atomic E-state index is 14.1. The van der Waals surface area contributed by atoms with Crippen molar-refractivity contribution < 1.29 is 22.6 Å². The molecule has 6 heteroatoms. The summed E-state index contributed by atoms with van der Waals surface area (Å²) in [5, 5.41) is 3.23. The molecule has 1 saturated heterocycles. The van der Waals surface area contributed by atoms with Crippen LogP contribution in [0.1, 0.15) is 37.9 Å². The zero-order valence-electron chi connectivity index (χ0n) is 13.4. The largest absolute Gasteiger partial charge is 0.382 e. The van der Waals surface area contributed by atoms with Gasteiger partial charge in [-0.05, 0) is 38.8 Å². The first kappa shape index (κ1) is 18.2. The fourth-order valence-corrected chi connectivity index (χ4v) is 2.92. The first-order valence-electron chi connectivity index (χ1n) is 8.18. The standard InChI is InChI=1S/C17H24F3NO2/c1-2-22-7-4-8-23-17(12-5-3-6-21-11-12)14-9-13(18)10-15(19)16(14)20/h9-10,12,17,21H,2-8,11H2,1H3/t12?,17-/m1/s1. The molecule has 2 rings (SSSR count). The third-order valence-electron chi connectivity index (χ3n) is 4.03. The normalized spacial score (nSPS) is 19.7. The molecule has 1 aromatic carbocycles. The lowest BCUT2D eigenvalue weighted by atomic mass is 9.89. The van der Waals surface area contributed by atoms with Gasteiger partial charge in [-0.1, -0.05) is 0 Å². The van der Waals surface area contributed by atoms with Crippen molar-refractivity contribution >= 4 is 0 Å². The predicted octanol–water partition coefficient (Wildman–Crippen LogP) is 3.59. The molecule has 0 aromatic heterocycles. The van der Waals surface area contributed by atoms with E-state index < -0.39 is 23.6 Å². The van der Waals surface area contributed by atoms with Gasteiger partial charge in [0.2, 0.25) is 0 Å². The lowest BCUT2D eigenvalue weighted by molar-refractivity contribution is -0.00959. The molecule has 1 aliphatic rings. The summed E-state index contributed by atoms with van der Waals surface area (Å²) in [5.74, 6) is -2.99. The highest BCUT2D eigenvalue weighted by molar-refractivity contribution is 5.23. The minimum atomic E-state index is -1.17. The van der Waals surface area contributed by atoms with E-state index in [9.17, 15) is 13.2 Å². The molecule has 1 aliphatic heterocycles. The maximum atomic E-state index is 14.1. The molecule has 1 unspecified atom stereocenters. The van der Waals surface area contributed by atoms with E-state index in [1.807, 2.05) is 6.92 Å². The van der Waals surface area contributed by atoms with Crippen molar-refractivity contribution in [3.05, 3.63) is 35.1 Å². The lowest BCUT2D eigenvalue weighted by Crippen LogP contribution is -2.34. The second-order valence-corrected chi connectivity index (χ2v) is 5.74. The van der Waals surface area contributed by atoms with Crippen LogP contribution in [0.25, 0.3) is 0 Å². The Morgan fingerprint density at radius 3 is 2.78 bits per heavy atom. The fraction of sp³-hybridized carbons (Fsp3) is 0.647. The van der Waals surface area contributed by atoms with Crippen LogP contribution in [0.3, 0.4) is 0 Å². The third-order valence-corrected chi connectivity index (χ3v) is 4.03. The number of piperidine rings is 1. The Kier molecular flexibility index (Phi) is 7.33. The van der Waals surface area contributed by atoms with Gasteiger partial charge in [-0.15, -0.1) is 0 Å². The quantitative estimate of drug-likeness (QED) is 0.583. The van der Waals surface area contributed by atoms with Crippen LogP contribution in [-0.2, 0) is 9.47 Å². The molecule has 130 valence electrons. The summed E-state index contributed by atoms with van der Waals surface area (Å²) in [6, 6.07) is 1.60. The number of nitrogens with one attached hydrogen (secondary N) is 1. The average Bonchev–Trinajstić information content (AvgIpc) is 2.55. The van der Waals surface area contributed by atoms with E-state index in [0.29, 0.717) is 38.9 Å². The van der Waals surface area contributed by atoms with Crippen molar-refractivity contribution in [2.45, 2.75) is 32.3 Å². The van der Waals surface area contributed by atoms with Crippen molar-refractivity contribution in [2.24, 2.45) is 5.92 Å². The Bertz CT molecular complexity index is 493. The van der Waals surface area contributed by atoms with E-state index in [2.05, 4.69) is 5.32 Å². The smallest absolute Gasteiger partial charge is 0.164 e. The number of hydrogen-bond donors (Lipinski definition) is 1. The van der Waals surface area contributed by atoms with Crippen LogP contribution in [0.2, 0.25) is 0 Å². The third kappa shape index (κ3) is 5.19. The molecule has 2 atom stereocenters. The number of ether oxygens (including phenoxy) is 2. The van der Waals surface area contributed by atoms with Gasteiger partial charge in [-0.3, -0.25) is 0 Å². The van der Waals surface area contributed by atoms with Crippen molar-refractivity contribution in [1.82, 2.24) is 5.32 Å². The zero-order valence-corrected chi connectivity index (χ0v) is 13.4. The highest BCUT2D eigenvalue weighted by Gasteiger charge is 2.29. The van der Waals surface area contributed by atoms with Gasteiger partial charge in [-0.25, -0.2) is 13.2 Å². The van der Waals surface area contributed by atoms with Crippen molar-refractivity contribution in [2.75, 3.05) is 32.9 Å². The van der Waals surface area contributed by atoms with Gasteiger partial charge in [0, 0.05) is 43.9 Å². The van der Waals surface area contributed by atoms with Gasteiger partial charge in [0.25, 0.3) is 0 Å². The molecule has 0 amide bonds. The first-order chi connectivity index (χ1) is 11.1. The van der Waals surface area contributed by atoms with Crippen molar-refractivity contribution in [3.8, 4) is 0 Å². The van der Waals surface area contributed by atoms with Crippen LogP contribution < -0.4 is 5.32 Å². The van der Waals surface area contributed by atoms with E-state index >= 15 is 0 Å². The molecule has 1 N–H and O–H groups in total. The molecule has 0 bridgehead atoms. The Hall–Kier alpha value is -1.11. The summed E-state index contributed by atoms with van der Waals surface area (Å²) >= 11 is 0. The summed E-state index contributed by atoms with van der Waals surface area (Å²) in [4.78, 5) is 0. The maximum Gasteiger partial charge on any atom is 0.164 e. The van der Waals surface area contributed by atoms with Gasteiger partial charge in [0.05, 0.1) is 6.10 Å². The van der Waals surface area contributed by atoms with Gasteiger partial charge >= 0.3 is 0 Å². The van der Waals surface area contributed by atoms with Crippen molar-refractivity contribution in [3.63, 3.8) is 0 Å². The molecule has 1 fully saturated rings. The summed E-state index contributed by atoms with van der Waals surface area (Å²) < 4.78 is 52.3. The Labute approximate surface area is 135 Å².